The quantitative estimate of drug-likeness (QED) is 0.140. The van der Waals surface area contributed by atoms with Gasteiger partial charge in [-0.25, -0.2) is 0 Å². The fraction of sp³-hybridized carbons (Fsp3) is 0.333. The molecule has 1 unspecified atom stereocenters. The number of aryl methyl sites for hydroxylation is 1. The minimum atomic E-state index is -4.57. The smallest absolute Gasteiger partial charge is 0.416 e. The number of aromatic nitrogens is 1. The Balaban J connectivity index is 1.63. The maximum absolute atomic E-state index is 14.1. The second kappa shape index (κ2) is 13.2. The number of carbonyl (C=O) groups excluding carboxylic acids is 2. The third-order valence-corrected chi connectivity index (χ3v) is 6.92. The summed E-state index contributed by atoms with van der Waals surface area (Å²) in [7, 11) is 1.49. The number of hydrogen-bond donors (Lipinski definition) is 1. The van der Waals surface area contributed by atoms with Crippen molar-refractivity contribution in [3.63, 3.8) is 0 Å². The molecule has 0 spiro atoms. The number of nitrogens with zero attached hydrogens (tertiary/aromatic N) is 1. The lowest BCUT2D eigenvalue weighted by Gasteiger charge is -2.22. The van der Waals surface area contributed by atoms with Gasteiger partial charge in [0.2, 0.25) is 0 Å². The van der Waals surface area contributed by atoms with E-state index in [2.05, 4.69) is 5.32 Å². The lowest BCUT2D eigenvalue weighted by Crippen LogP contribution is -2.26. The molecule has 0 aliphatic rings. The van der Waals surface area contributed by atoms with Crippen molar-refractivity contribution >= 4 is 40.1 Å². The summed E-state index contributed by atoms with van der Waals surface area (Å²) < 4.78 is 58.8. The summed E-state index contributed by atoms with van der Waals surface area (Å²) >= 11 is 6.10. The zero-order valence-electron chi connectivity index (χ0n) is 25.0. The summed E-state index contributed by atoms with van der Waals surface area (Å²) in [4.78, 5) is 26.1. The normalized spacial score (nSPS) is 12.6. The van der Waals surface area contributed by atoms with Crippen LogP contribution in [0, 0.1) is 6.92 Å². The molecule has 1 atom stereocenters. The summed E-state index contributed by atoms with van der Waals surface area (Å²) in [6.07, 6.45) is -2.51. The number of alkyl halides is 3. The van der Waals surface area contributed by atoms with Crippen molar-refractivity contribution in [2.45, 2.75) is 58.4 Å². The van der Waals surface area contributed by atoms with Crippen LogP contribution in [0.4, 0.5) is 18.9 Å². The van der Waals surface area contributed by atoms with Gasteiger partial charge in [-0.05, 0) is 75.6 Å². The van der Waals surface area contributed by atoms with Gasteiger partial charge in [-0.3, -0.25) is 14.2 Å². The van der Waals surface area contributed by atoms with Crippen LogP contribution in [0.2, 0.25) is 5.02 Å². The predicted molar refractivity (Wildman–Crippen MR) is 164 cm³/mol. The Morgan fingerprint density at radius 1 is 0.977 bits per heavy atom. The molecule has 44 heavy (non-hydrogen) atoms. The molecule has 0 amide bonds. The standard InChI is InChI=1S/C33H34ClF3N2O5/c1-20-15-22(33(35,36)37)16-28-27(20)12-13-39(28)31(41)30(21-8-10-23(34)11-9-21)38-24-17-25(42-5)19-26(18-24)43-14-6-7-29(40)44-32(2,3)4/h8-13,15-19,30,38H,6-7,14H2,1-5H3. The molecule has 4 aromatic rings. The number of hydrogen-bond acceptors (Lipinski definition) is 6. The third-order valence-electron chi connectivity index (χ3n) is 6.67. The van der Waals surface area contributed by atoms with Crippen molar-refractivity contribution in [2.75, 3.05) is 19.0 Å². The third kappa shape index (κ3) is 8.25. The SMILES string of the molecule is COc1cc(NC(C(=O)n2ccc3c(C)cc(C(F)(F)F)cc32)c2ccc(Cl)cc2)cc(OCCCC(=O)OC(C)(C)C)c1. The molecule has 1 N–H and O–H groups in total. The van der Waals surface area contributed by atoms with Crippen LogP contribution in [0.25, 0.3) is 10.9 Å². The number of benzene rings is 3. The number of halogens is 4. The highest BCUT2D eigenvalue weighted by atomic mass is 35.5. The van der Waals surface area contributed by atoms with Gasteiger partial charge in [0.25, 0.3) is 5.91 Å². The molecule has 0 radical (unpaired) electrons. The Morgan fingerprint density at radius 2 is 1.66 bits per heavy atom. The second-order valence-electron chi connectivity index (χ2n) is 11.3. The largest absolute Gasteiger partial charge is 0.497 e. The molecule has 3 aromatic carbocycles. The maximum atomic E-state index is 14.1. The van der Waals surface area contributed by atoms with E-state index in [1.807, 2.05) is 0 Å². The highest BCUT2D eigenvalue weighted by Crippen LogP contribution is 2.35. The molecule has 1 heterocycles. The number of anilines is 1. The predicted octanol–water partition coefficient (Wildman–Crippen LogP) is 8.62. The molecule has 0 saturated heterocycles. The van der Waals surface area contributed by atoms with Gasteiger partial charge in [0.05, 0.1) is 24.8 Å². The topological polar surface area (TPSA) is 78.8 Å². The van der Waals surface area contributed by atoms with Gasteiger partial charge in [-0.15, -0.1) is 0 Å². The highest BCUT2D eigenvalue weighted by molar-refractivity contribution is 6.30. The number of nitrogens with one attached hydrogen (secondary N) is 1. The van der Waals surface area contributed by atoms with Crippen molar-refractivity contribution in [3.05, 3.63) is 88.6 Å². The van der Waals surface area contributed by atoms with Crippen molar-refractivity contribution in [2.24, 2.45) is 0 Å². The van der Waals surface area contributed by atoms with Crippen molar-refractivity contribution in [3.8, 4) is 11.5 Å². The van der Waals surface area contributed by atoms with E-state index in [-0.39, 0.29) is 24.5 Å². The Bertz CT molecular complexity index is 1640. The van der Waals surface area contributed by atoms with E-state index in [1.165, 1.54) is 17.9 Å². The molecular weight excluding hydrogens is 597 g/mol. The van der Waals surface area contributed by atoms with Gasteiger partial charge in [0, 0.05) is 46.9 Å². The molecular formula is C33H34ClF3N2O5. The number of ether oxygens (including phenoxy) is 3. The number of rotatable bonds is 10. The molecule has 0 fully saturated rings. The zero-order valence-corrected chi connectivity index (χ0v) is 25.8. The molecule has 7 nitrogen and oxygen atoms in total. The molecule has 1 aromatic heterocycles. The van der Waals surface area contributed by atoms with Gasteiger partial charge in [0.1, 0.15) is 23.1 Å². The van der Waals surface area contributed by atoms with Crippen LogP contribution >= 0.6 is 11.6 Å². The number of carbonyl (C=O) groups is 2. The minimum absolute atomic E-state index is 0.141. The van der Waals surface area contributed by atoms with E-state index < -0.39 is 29.3 Å². The molecule has 4 rings (SSSR count). The van der Waals surface area contributed by atoms with Crippen molar-refractivity contribution < 1.29 is 37.0 Å². The van der Waals surface area contributed by atoms with Crippen LogP contribution in [0.3, 0.4) is 0 Å². The molecule has 11 heteroatoms. The summed E-state index contributed by atoms with van der Waals surface area (Å²) in [5, 5.41) is 4.20. The van der Waals surface area contributed by atoms with Gasteiger partial charge in [-0.1, -0.05) is 23.7 Å². The molecule has 0 saturated carbocycles. The number of fused-ring (bicyclic) bond motifs is 1. The number of esters is 1. The van der Waals surface area contributed by atoms with Gasteiger partial charge in [0.15, 0.2) is 0 Å². The van der Waals surface area contributed by atoms with E-state index in [0.717, 1.165) is 12.1 Å². The second-order valence-corrected chi connectivity index (χ2v) is 11.7. The Morgan fingerprint density at radius 3 is 2.30 bits per heavy atom. The highest BCUT2D eigenvalue weighted by Gasteiger charge is 2.32. The van der Waals surface area contributed by atoms with Gasteiger partial charge >= 0.3 is 12.1 Å². The van der Waals surface area contributed by atoms with E-state index >= 15 is 0 Å². The Kier molecular flexibility index (Phi) is 9.83. The lowest BCUT2D eigenvalue weighted by atomic mass is 10.0. The monoisotopic (exact) mass is 630 g/mol. The minimum Gasteiger partial charge on any atom is -0.497 e. The summed E-state index contributed by atoms with van der Waals surface area (Å²) in [5.41, 5.74) is 0.125. The van der Waals surface area contributed by atoms with Crippen LogP contribution in [0.1, 0.15) is 61.1 Å². The van der Waals surface area contributed by atoms with Gasteiger partial charge < -0.3 is 19.5 Å². The fourth-order valence-corrected chi connectivity index (χ4v) is 4.81. The molecule has 0 aliphatic heterocycles. The first-order chi connectivity index (χ1) is 20.6. The Hall–Kier alpha value is -4.18. The van der Waals surface area contributed by atoms with Crippen molar-refractivity contribution in [1.82, 2.24) is 4.57 Å². The van der Waals surface area contributed by atoms with Crippen molar-refractivity contribution in [1.29, 1.82) is 0 Å². The summed E-state index contributed by atoms with van der Waals surface area (Å²) in [6, 6.07) is 14.3. The summed E-state index contributed by atoms with van der Waals surface area (Å²) in [5.74, 6) is 0.0312. The van der Waals surface area contributed by atoms with Crippen LogP contribution in [-0.4, -0.2) is 35.8 Å². The number of methoxy groups -OCH3 is 1. The van der Waals surface area contributed by atoms with Crippen LogP contribution in [0.5, 0.6) is 11.5 Å². The van der Waals surface area contributed by atoms with Crippen LogP contribution in [0.15, 0.2) is 66.9 Å². The first kappa shape index (κ1) is 32.7. The van der Waals surface area contributed by atoms with Gasteiger partial charge in [-0.2, -0.15) is 13.2 Å². The van der Waals surface area contributed by atoms with E-state index in [1.54, 1.807) is 76.2 Å². The molecule has 234 valence electrons. The first-order valence-corrected chi connectivity index (χ1v) is 14.3. The van der Waals surface area contributed by atoms with Crippen LogP contribution in [-0.2, 0) is 15.7 Å². The Labute approximate surface area is 258 Å². The van der Waals surface area contributed by atoms with Crippen LogP contribution < -0.4 is 14.8 Å². The lowest BCUT2D eigenvalue weighted by molar-refractivity contribution is -0.155. The zero-order chi connectivity index (χ0) is 32.2. The fourth-order valence-electron chi connectivity index (χ4n) is 4.69. The first-order valence-electron chi connectivity index (χ1n) is 13.9. The van der Waals surface area contributed by atoms with E-state index in [0.29, 0.717) is 45.1 Å². The molecule has 0 aliphatic carbocycles. The van der Waals surface area contributed by atoms with E-state index in [4.69, 9.17) is 25.8 Å². The maximum Gasteiger partial charge on any atom is 0.416 e. The van der Waals surface area contributed by atoms with E-state index in [9.17, 15) is 22.8 Å². The molecule has 0 bridgehead atoms. The summed E-state index contributed by atoms with van der Waals surface area (Å²) in [6.45, 7) is 7.20. The average molecular weight is 631 g/mol. The average Bonchev–Trinajstić information content (AvgIpc) is 3.37.